The highest BCUT2D eigenvalue weighted by atomic mass is 16.2. The molecule has 3 N–H and O–H groups in total. The number of amides is 2. The van der Waals surface area contributed by atoms with Crippen LogP contribution in [0.2, 0.25) is 0 Å². The molecule has 108 valence electrons. The van der Waals surface area contributed by atoms with Gasteiger partial charge in [0.1, 0.15) is 23.5 Å². The standard InChI is InChI=1S/C13H19N5O2/c1-4-14-11-7(2)12(16-8(3)15-11)17-9-5-6-10(19)18-13(9)20/h9H,4-6H2,1-3H3,(H,18,19,20)(H2,14,15,16,17). The molecule has 1 aromatic heterocycles. The fourth-order valence-corrected chi connectivity index (χ4v) is 2.10. The second-order valence-electron chi connectivity index (χ2n) is 4.77. The zero-order chi connectivity index (χ0) is 14.7. The number of rotatable bonds is 4. The van der Waals surface area contributed by atoms with E-state index in [1.165, 1.54) is 0 Å². The zero-order valence-electron chi connectivity index (χ0n) is 11.9. The minimum atomic E-state index is -0.435. The lowest BCUT2D eigenvalue weighted by atomic mass is 10.1. The van der Waals surface area contributed by atoms with E-state index in [2.05, 4.69) is 25.9 Å². The number of hydrogen-bond donors (Lipinski definition) is 3. The SMILES string of the molecule is CCNc1nc(C)nc(NC2CCC(=O)NC2=O)c1C. The Labute approximate surface area is 117 Å². The van der Waals surface area contributed by atoms with Gasteiger partial charge in [-0.15, -0.1) is 0 Å². The van der Waals surface area contributed by atoms with Crippen LogP contribution in [-0.2, 0) is 9.59 Å². The van der Waals surface area contributed by atoms with Crippen LogP contribution in [0, 0.1) is 13.8 Å². The van der Waals surface area contributed by atoms with E-state index in [0.29, 0.717) is 24.5 Å². The van der Waals surface area contributed by atoms with Gasteiger partial charge in [-0.05, 0) is 27.2 Å². The van der Waals surface area contributed by atoms with Crippen LogP contribution in [0.3, 0.4) is 0 Å². The van der Waals surface area contributed by atoms with E-state index in [1.54, 1.807) is 6.92 Å². The van der Waals surface area contributed by atoms with E-state index in [1.807, 2.05) is 13.8 Å². The highest BCUT2D eigenvalue weighted by Crippen LogP contribution is 2.21. The van der Waals surface area contributed by atoms with Crippen LogP contribution in [0.1, 0.15) is 31.2 Å². The minimum Gasteiger partial charge on any atom is -0.370 e. The third-order valence-corrected chi connectivity index (χ3v) is 3.15. The summed E-state index contributed by atoms with van der Waals surface area (Å²) in [6.45, 7) is 6.45. The highest BCUT2D eigenvalue weighted by molar-refractivity contribution is 6.01. The van der Waals surface area contributed by atoms with Gasteiger partial charge in [0.15, 0.2) is 0 Å². The molecule has 2 heterocycles. The lowest BCUT2D eigenvalue weighted by molar-refractivity contribution is -0.133. The van der Waals surface area contributed by atoms with E-state index < -0.39 is 6.04 Å². The largest absolute Gasteiger partial charge is 0.370 e. The molecule has 2 amide bonds. The van der Waals surface area contributed by atoms with Crippen molar-refractivity contribution in [3.63, 3.8) is 0 Å². The predicted octanol–water partition coefficient (Wildman–Crippen LogP) is 0.742. The van der Waals surface area contributed by atoms with Crippen molar-refractivity contribution in [1.29, 1.82) is 0 Å². The summed E-state index contributed by atoms with van der Waals surface area (Å²) in [5.41, 5.74) is 0.863. The van der Waals surface area contributed by atoms with E-state index in [9.17, 15) is 9.59 Å². The van der Waals surface area contributed by atoms with E-state index in [0.717, 1.165) is 17.9 Å². The van der Waals surface area contributed by atoms with Gasteiger partial charge in [0.2, 0.25) is 11.8 Å². The molecule has 1 atom stereocenters. The van der Waals surface area contributed by atoms with Crippen molar-refractivity contribution < 1.29 is 9.59 Å². The summed E-state index contributed by atoms with van der Waals surface area (Å²) in [6, 6.07) is -0.435. The van der Waals surface area contributed by atoms with Crippen molar-refractivity contribution in [3.8, 4) is 0 Å². The fourth-order valence-electron chi connectivity index (χ4n) is 2.10. The molecule has 2 rings (SSSR count). The van der Waals surface area contributed by atoms with Crippen molar-refractivity contribution in [2.24, 2.45) is 0 Å². The average Bonchev–Trinajstić information content (AvgIpc) is 2.38. The van der Waals surface area contributed by atoms with Crippen molar-refractivity contribution >= 4 is 23.5 Å². The molecule has 20 heavy (non-hydrogen) atoms. The Morgan fingerprint density at radius 3 is 2.60 bits per heavy atom. The van der Waals surface area contributed by atoms with Crippen molar-refractivity contribution in [2.45, 2.75) is 39.7 Å². The first-order valence-electron chi connectivity index (χ1n) is 6.70. The molecule has 0 aliphatic carbocycles. The molecule has 0 radical (unpaired) electrons. The van der Waals surface area contributed by atoms with E-state index in [-0.39, 0.29) is 11.8 Å². The molecule has 1 aliphatic rings. The molecule has 0 bridgehead atoms. The quantitative estimate of drug-likeness (QED) is 0.703. The Kier molecular flexibility index (Phi) is 4.16. The Morgan fingerprint density at radius 1 is 1.25 bits per heavy atom. The third-order valence-electron chi connectivity index (χ3n) is 3.15. The van der Waals surface area contributed by atoms with Crippen LogP contribution in [-0.4, -0.2) is 34.4 Å². The van der Waals surface area contributed by atoms with Crippen molar-refractivity contribution in [3.05, 3.63) is 11.4 Å². The molecule has 0 aromatic carbocycles. The molecule has 1 unspecified atom stereocenters. The number of anilines is 2. The van der Waals surface area contributed by atoms with Gasteiger partial charge in [-0.2, -0.15) is 0 Å². The van der Waals surface area contributed by atoms with E-state index in [4.69, 9.17) is 0 Å². The summed E-state index contributed by atoms with van der Waals surface area (Å²) in [7, 11) is 0. The molecular formula is C13H19N5O2. The number of nitrogens with zero attached hydrogens (tertiary/aromatic N) is 2. The average molecular weight is 277 g/mol. The summed E-state index contributed by atoms with van der Waals surface area (Å²) in [4.78, 5) is 31.6. The maximum Gasteiger partial charge on any atom is 0.249 e. The van der Waals surface area contributed by atoms with Gasteiger partial charge in [0.25, 0.3) is 0 Å². The predicted molar refractivity (Wildman–Crippen MR) is 75.5 cm³/mol. The number of carbonyl (C=O) groups excluding carboxylic acids is 2. The van der Waals surface area contributed by atoms with E-state index >= 15 is 0 Å². The Morgan fingerprint density at radius 2 is 1.95 bits per heavy atom. The topological polar surface area (TPSA) is 96.0 Å². The summed E-state index contributed by atoms with van der Waals surface area (Å²) in [5.74, 6) is 1.48. The third kappa shape index (κ3) is 3.04. The Balaban J connectivity index is 2.20. The van der Waals surface area contributed by atoms with Gasteiger partial charge in [0, 0.05) is 18.5 Å². The van der Waals surface area contributed by atoms with Crippen LogP contribution in [0.25, 0.3) is 0 Å². The van der Waals surface area contributed by atoms with Crippen LogP contribution in [0.4, 0.5) is 11.6 Å². The van der Waals surface area contributed by atoms with Crippen molar-refractivity contribution in [1.82, 2.24) is 15.3 Å². The Hall–Kier alpha value is -2.18. The normalized spacial score (nSPS) is 18.6. The van der Waals surface area contributed by atoms with Crippen molar-refractivity contribution in [2.75, 3.05) is 17.2 Å². The molecule has 1 aromatic rings. The van der Waals surface area contributed by atoms with Gasteiger partial charge < -0.3 is 10.6 Å². The van der Waals surface area contributed by atoms with Gasteiger partial charge in [0.05, 0.1) is 0 Å². The summed E-state index contributed by atoms with van der Waals surface area (Å²) in [6.07, 6.45) is 0.816. The monoisotopic (exact) mass is 277 g/mol. The minimum absolute atomic E-state index is 0.225. The molecule has 1 saturated heterocycles. The number of piperidine rings is 1. The molecule has 7 heteroatoms. The number of aromatic nitrogens is 2. The first-order chi connectivity index (χ1) is 9.51. The smallest absolute Gasteiger partial charge is 0.249 e. The van der Waals surface area contributed by atoms with Crippen LogP contribution in [0.15, 0.2) is 0 Å². The van der Waals surface area contributed by atoms with Gasteiger partial charge in [-0.1, -0.05) is 0 Å². The van der Waals surface area contributed by atoms with Crippen LogP contribution < -0.4 is 16.0 Å². The molecule has 0 spiro atoms. The summed E-state index contributed by atoms with van der Waals surface area (Å²) >= 11 is 0. The number of aryl methyl sites for hydroxylation is 1. The first-order valence-corrected chi connectivity index (χ1v) is 6.70. The molecule has 1 fully saturated rings. The van der Waals surface area contributed by atoms with Crippen LogP contribution >= 0.6 is 0 Å². The molecular weight excluding hydrogens is 258 g/mol. The summed E-state index contributed by atoms with van der Waals surface area (Å²) < 4.78 is 0. The van der Waals surface area contributed by atoms with Crippen LogP contribution in [0.5, 0.6) is 0 Å². The lowest BCUT2D eigenvalue weighted by Gasteiger charge is -2.23. The van der Waals surface area contributed by atoms with Gasteiger partial charge in [-0.3, -0.25) is 14.9 Å². The molecule has 7 nitrogen and oxygen atoms in total. The maximum atomic E-state index is 11.8. The number of hydrogen-bond acceptors (Lipinski definition) is 6. The fraction of sp³-hybridized carbons (Fsp3) is 0.538. The van der Waals surface area contributed by atoms with Gasteiger partial charge in [-0.25, -0.2) is 9.97 Å². The number of carbonyl (C=O) groups is 2. The van der Waals surface area contributed by atoms with Gasteiger partial charge >= 0.3 is 0 Å². The number of imide groups is 1. The highest BCUT2D eigenvalue weighted by Gasteiger charge is 2.27. The number of nitrogens with one attached hydrogen (secondary N) is 3. The molecule has 0 saturated carbocycles. The lowest BCUT2D eigenvalue weighted by Crippen LogP contribution is -2.47. The Bertz CT molecular complexity index is 544. The first kappa shape index (κ1) is 14.2. The maximum absolute atomic E-state index is 11.8. The second-order valence-corrected chi connectivity index (χ2v) is 4.77. The summed E-state index contributed by atoms with van der Waals surface area (Å²) in [5, 5.41) is 8.59. The molecule has 1 aliphatic heterocycles. The zero-order valence-corrected chi connectivity index (χ0v) is 11.9. The second kappa shape index (κ2) is 5.85.